The monoisotopic (exact) mass is 706 g/mol. The number of piperidine rings is 1. The number of hydrogen-bond donors (Lipinski definition) is 7. The summed E-state index contributed by atoms with van der Waals surface area (Å²) in [5, 5.41) is 14.3. The Bertz CT molecular complexity index is 1390. The number of unbranched alkanes of at least 4 members (excludes halogenated alkanes) is 1. The lowest BCUT2D eigenvalue weighted by Crippen LogP contribution is -2.59. The summed E-state index contributed by atoms with van der Waals surface area (Å²) in [5.41, 5.74) is 13.7. The molecule has 0 aromatic heterocycles. The normalized spacial score (nSPS) is 15.6. The molecule has 13 nitrogen and oxygen atoms in total. The molecule has 0 aliphatic carbocycles. The molecular formula is C38H58N8O5. The van der Waals surface area contributed by atoms with E-state index in [0.717, 1.165) is 11.1 Å². The molecular weight excluding hydrogens is 648 g/mol. The number of carbonyl (C=O) groups excluding carboxylic acids is 5. The highest BCUT2D eigenvalue weighted by atomic mass is 16.2. The second kappa shape index (κ2) is 21.7. The number of nitrogens with one attached hydrogen (secondary N) is 5. The zero-order valence-electron chi connectivity index (χ0n) is 30.4. The topological polar surface area (TPSA) is 201 Å². The van der Waals surface area contributed by atoms with E-state index in [1.54, 1.807) is 4.90 Å². The number of benzene rings is 2. The Morgan fingerprint density at radius 1 is 0.765 bits per heavy atom. The van der Waals surface area contributed by atoms with Crippen molar-refractivity contribution in [3.63, 3.8) is 0 Å². The van der Waals surface area contributed by atoms with Crippen LogP contribution in [0.25, 0.3) is 0 Å². The van der Waals surface area contributed by atoms with Gasteiger partial charge in [0.25, 0.3) is 0 Å². The predicted molar refractivity (Wildman–Crippen MR) is 198 cm³/mol. The van der Waals surface area contributed by atoms with E-state index in [9.17, 15) is 24.0 Å². The highest BCUT2D eigenvalue weighted by Crippen LogP contribution is 2.15. The third-order valence-electron chi connectivity index (χ3n) is 8.93. The van der Waals surface area contributed by atoms with Gasteiger partial charge in [0.15, 0.2) is 0 Å². The minimum atomic E-state index is -1.000. The third-order valence-corrected chi connectivity index (χ3v) is 8.93. The standard InChI is InChI=1S/C38H58N8O5/c1-4-41-38(51)42-29-18-21-46(22-19-29)37(50)31(17-11-12-20-39)43-35(48)32(23-26(2)3)45-36(49)33(25-28-15-9-6-10-16-28)44-34(47)30(40)24-27-13-7-5-8-14-27/h5-10,13-16,26,29-33H,4,11-12,17-25,39-40H2,1-3H3,(H,43,48)(H,44,47)(H,45,49)(H2,41,42,51)/t30-,31-,32-,33-/m1/s1. The van der Waals surface area contributed by atoms with Crippen LogP contribution < -0.4 is 38.1 Å². The van der Waals surface area contributed by atoms with Crippen LogP contribution in [0.4, 0.5) is 4.79 Å². The van der Waals surface area contributed by atoms with E-state index in [4.69, 9.17) is 11.5 Å². The Balaban J connectivity index is 1.73. The van der Waals surface area contributed by atoms with Crippen molar-refractivity contribution in [1.29, 1.82) is 0 Å². The summed E-state index contributed by atoms with van der Waals surface area (Å²) >= 11 is 0. The van der Waals surface area contributed by atoms with Crippen LogP contribution in [0.3, 0.4) is 0 Å². The molecule has 1 saturated heterocycles. The smallest absolute Gasteiger partial charge is 0.314 e. The number of likely N-dealkylation sites (tertiary alicyclic amines) is 1. The van der Waals surface area contributed by atoms with Gasteiger partial charge < -0.3 is 43.0 Å². The highest BCUT2D eigenvalue weighted by Gasteiger charge is 2.33. The molecule has 0 spiro atoms. The lowest BCUT2D eigenvalue weighted by atomic mass is 9.99. The Morgan fingerprint density at radius 3 is 1.88 bits per heavy atom. The Morgan fingerprint density at radius 2 is 1.31 bits per heavy atom. The highest BCUT2D eigenvalue weighted by molar-refractivity contribution is 5.95. The van der Waals surface area contributed by atoms with Gasteiger partial charge in [-0.2, -0.15) is 0 Å². The quantitative estimate of drug-likeness (QED) is 0.108. The molecule has 1 aliphatic heterocycles. The van der Waals surface area contributed by atoms with Gasteiger partial charge >= 0.3 is 6.03 Å². The fourth-order valence-electron chi connectivity index (χ4n) is 6.16. The largest absolute Gasteiger partial charge is 0.343 e. The number of nitrogens with zero attached hydrogens (tertiary/aromatic N) is 1. The zero-order chi connectivity index (χ0) is 37.2. The van der Waals surface area contributed by atoms with E-state index >= 15 is 0 Å². The molecule has 0 unspecified atom stereocenters. The van der Waals surface area contributed by atoms with Crippen molar-refractivity contribution < 1.29 is 24.0 Å². The first-order chi connectivity index (χ1) is 24.5. The molecule has 1 heterocycles. The molecule has 0 bridgehead atoms. The Labute approximate surface area is 302 Å². The Hall–Kier alpha value is -4.49. The summed E-state index contributed by atoms with van der Waals surface area (Å²) in [6.07, 6.45) is 3.73. The molecule has 1 aliphatic rings. The van der Waals surface area contributed by atoms with Crippen molar-refractivity contribution in [3.05, 3.63) is 71.8 Å². The maximum Gasteiger partial charge on any atom is 0.314 e. The summed E-state index contributed by atoms with van der Waals surface area (Å²) in [7, 11) is 0. The van der Waals surface area contributed by atoms with Crippen LogP contribution in [-0.4, -0.2) is 90.9 Å². The second-order valence-electron chi connectivity index (χ2n) is 13.7. The first kappa shape index (κ1) is 40.9. The number of hydrogen-bond acceptors (Lipinski definition) is 7. The van der Waals surface area contributed by atoms with Gasteiger partial charge in [0.05, 0.1) is 6.04 Å². The number of carbonyl (C=O) groups is 5. The van der Waals surface area contributed by atoms with Crippen molar-refractivity contribution in [1.82, 2.24) is 31.5 Å². The van der Waals surface area contributed by atoms with Crippen molar-refractivity contribution in [2.75, 3.05) is 26.2 Å². The number of amides is 6. The maximum atomic E-state index is 13.9. The van der Waals surface area contributed by atoms with E-state index in [0.29, 0.717) is 71.1 Å². The van der Waals surface area contributed by atoms with Crippen LogP contribution in [0.5, 0.6) is 0 Å². The fraction of sp³-hybridized carbons (Fsp3) is 0.553. The van der Waals surface area contributed by atoms with Gasteiger partial charge in [-0.3, -0.25) is 19.2 Å². The van der Waals surface area contributed by atoms with Crippen molar-refractivity contribution in [3.8, 4) is 0 Å². The minimum absolute atomic E-state index is 0.0327. The summed E-state index contributed by atoms with van der Waals surface area (Å²) in [4.78, 5) is 68.6. The summed E-state index contributed by atoms with van der Waals surface area (Å²) < 4.78 is 0. The fourth-order valence-corrected chi connectivity index (χ4v) is 6.16. The van der Waals surface area contributed by atoms with Crippen LogP contribution in [0.15, 0.2) is 60.7 Å². The van der Waals surface area contributed by atoms with Gasteiger partial charge in [0, 0.05) is 32.1 Å². The molecule has 9 N–H and O–H groups in total. The lowest BCUT2D eigenvalue weighted by Gasteiger charge is -2.35. The van der Waals surface area contributed by atoms with Crippen LogP contribution in [0, 0.1) is 5.92 Å². The predicted octanol–water partition coefficient (Wildman–Crippen LogP) is 1.74. The third kappa shape index (κ3) is 14.3. The number of rotatable bonds is 19. The summed E-state index contributed by atoms with van der Waals surface area (Å²) in [6.45, 7) is 7.61. The number of urea groups is 1. The molecule has 0 radical (unpaired) electrons. The van der Waals surface area contributed by atoms with E-state index in [1.165, 1.54) is 0 Å². The Kier molecular flexibility index (Phi) is 17.4. The van der Waals surface area contributed by atoms with Crippen LogP contribution >= 0.6 is 0 Å². The first-order valence-corrected chi connectivity index (χ1v) is 18.3. The van der Waals surface area contributed by atoms with Crippen molar-refractivity contribution in [2.24, 2.45) is 17.4 Å². The molecule has 2 aromatic rings. The van der Waals surface area contributed by atoms with Gasteiger partial charge in [0.2, 0.25) is 23.6 Å². The van der Waals surface area contributed by atoms with E-state index < -0.39 is 41.9 Å². The molecule has 4 atom stereocenters. The van der Waals surface area contributed by atoms with Crippen LogP contribution in [0.1, 0.15) is 70.4 Å². The molecule has 6 amide bonds. The molecule has 0 saturated carbocycles. The molecule has 3 rings (SSSR count). The van der Waals surface area contributed by atoms with E-state index in [2.05, 4.69) is 26.6 Å². The van der Waals surface area contributed by atoms with Gasteiger partial charge in [0.1, 0.15) is 18.1 Å². The molecule has 51 heavy (non-hydrogen) atoms. The van der Waals surface area contributed by atoms with Crippen LogP contribution in [0.2, 0.25) is 0 Å². The van der Waals surface area contributed by atoms with E-state index in [-0.39, 0.29) is 30.3 Å². The van der Waals surface area contributed by atoms with Gasteiger partial charge in [-0.1, -0.05) is 74.5 Å². The molecule has 13 heteroatoms. The summed E-state index contributed by atoms with van der Waals surface area (Å²) in [6, 6.07) is 14.8. The van der Waals surface area contributed by atoms with Gasteiger partial charge in [-0.15, -0.1) is 0 Å². The minimum Gasteiger partial charge on any atom is -0.343 e. The van der Waals surface area contributed by atoms with Crippen molar-refractivity contribution >= 4 is 29.7 Å². The molecule has 2 aromatic carbocycles. The lowest BCUT2D eigenvalue weighted by molar-refractivity contribution is -0.138. The maximum absolute atomic E-state index is 13.9. The number of nitrogens with two attached hydrogens (primary N) is 2. The van der Waals surface area contributed by atoms with E-state index in [1.807, 2.05) is 81.4 Å². The van der Waals surface area contributed by atoms with Crippen LogP contribution in [-0.2, 0) is 32.0 Å². The average molecular weight is 707 g/mol. The average Bonchev–Trinajstić information content (AvgIpc) is 3.11. The second-order valence-corrected chi connectivity index (χ2v) is 13.7. The summed E-state index contributed by atoms with van der Waals surface area (Å²) in [5.74, 6) is -1.64. The molecule has 1 fully saturated rings. The van der Waals surface area contributed by atoms with Crippen molar-refractivity contribution in [2.45, 2.75) is 102 Å². The SMILES string of the molecule is CCNC(=O)NC1CCN(C(=O)[C@@H](CCCCN)NC(=O)[C@@H](CC(C)C)NC(=O)[C@@H](Cc2ccccc2)NC(=O)[C@H](N)Cc2ccccc2)CC1. The zero-order valence-corrected chi connectivity index (χ0v) is 30.4. The van der Waals surface area contributed by atoms with Gasteiger partial charge in [-0.05, 0) is 75.5 Å². The van der Waals surface area contributed by atoms with Gasteiger partial charge in [-0.25, -0.2) is 4.79 Å². The molecule has 280 valence electrons. The first-order valence-electron chi connectivity index (χ1n) is 18.3.